The van der Waals surface area contributed by atoms with Crippen LogP contribution in [0.25, 0.3) is 11.5 Å². The van der Waals surface area contributed by atoms with E-state index in [1.165, 1.54) is 0 Å². The molecule has 96 valence electrons. The number of aromatic nitrogens is 4. The summed E-state index contributed by atoms with van der Waals surface area (Å²) < 4.78 is 1.79. The molecule has 0 spiro atoms. The fraction of sp³-hybridized carbons (Fsp3) is 0.417. The Hall–Kier alpha value is -1.46. The average Bonchev–Trinajstić information content (AvgIpc) is 2.65. The third kappa shape index (κ3) is 2.23. The third-order valence-corrected chi connectivity index (χ3v) is 3.35. The molecule has 2 rings (SSSR count). The molecule has 0 bridgehead atoms. The first kappa shape index (κ1) is 13.0. The summed E-state index contributed by atoms with van der Waals surface area (Å²) >= 11 is 6.41. The normalized spacial score (nSPS) is 13.0. The Labute approximate surface area is 111 Å². The van der Waals surface area contributed by atoms with Crippen molar-refractivity contribution in [1.82, 2.24) is 24.6 Å². The first-order valence-electron chi connectivity index (χ1n) is 5.68. The maximum atomic E-state index is 6.41. The zero-order chi connectivity index (χ0) is 13.3. The summed E-state index contributed by atoms with van der Waals surface area (Å²) in [5, 5.41) is 5.03. The molecular weight excluding hydrogens is 250 g/mol. The molecule has 2 aromatic heterocycles. The van der Waals surface area contributed by atoms with E-state index in [9.17, 15) is 0 Å². The van der Waals surface area contributed by atoms with Gasteiger partial charge in [0.05, 0.1) is 10.7 Å². The van der Waals surface area contributed by atoms with Gasteiger partial charge >= 0.3 is 0 Å². The van der Waals surface area contributed by atoms with Gasteiger partial charge in [-0.05, 0) is 27.1 Å². The summed E-state index contributed by atoms with van der Waals surface area (Å²) in [5.74, 6) is 0.551. The van der Waals surface area contributed by atoms with Crippen molar-refractivity contribution in [3.8, 4) is 11.5 Å². The second kappa shape index (κ2) is 5.04. The molecule has 0 aliphatic heterocycles. The Kier molecular flexibility index (Phi) is 3.63. The monoisotopic (exact) mass is 265 g/mol. The van der Waals surface area contributed by atoms with E-state index in [1.54, 1.807) is 23.1 Å². The van der Waals surface area contributed by atoms with Crippen LogP contribution in [0.4, 0.5) is 0 Å². The van der Waals surface area contributed by atoms with Crippen LogP contribution in [0.5, 0.6) is 0 Å². The zero-order valence-electron chi connectivity index (χ0n) is 10.9. The summed E-state index contributed by atoms with van der Waals surface area (Å²) in [6, 6.07) is 1.94. The van der Waals surface area contributed by atoms with Gasteiger partial charge in [-0.15, -0.1) is 0 Å². The molecule has 0 aliphatic rings. The fourth-order valence-electron chi connectivity index (χ4n) is 1.77. The van der Waals surface area contributed by atoms with Crippen molar-refractivity contribution in [2.24, 2.45) is 7.05 Å². The molecule has 0 amide bonds. The van der Waals surface area contributed by atoms with Gasteiger partial charge in [-0.2, -0.15) is 5.10 Å². The Balaban J connectivity index is 2.51. The number of rotatable bonds is 3. The van der Waals surface area contributed by atoms with Crippen LogP contribution in [0, 0.1) is 0 Å². The van der Waals surface area contributed by atoms with Gasteiger partial charge < -0.3 is 4.90 Å². The lowest BCUT2D eigenvalue weighted by molar-refractivity contribution is 0.307. The van der Waals surface area contributed by atoms with Crippen molar-refractivity contribution in [2.45, 2.75) is 13.0 Å². The standard InChI is InChI=1S/C12H16ClN5/c1-8(17(2)3)11-9(13)10(16-18(11)4)12-14-6-5-7-15-12/h5-8H,1-4H3. The van der Waals surface area contributed by atoms with Crippen LogP contribution >= 0.6 is 11.6 Å². The van der Waals surface area contributed by atoms with E-state index in [-0.39, 0.29) is 6.04 Å². The van der Waals surface area contributed by atoms with Gasteiger partial charge in [-0.3, -0.25) is 4.68 Å². The van der Waals surface area contributed by atoms with Crippen LogP contribution in [-0.2, 0) is 7.05 Å². The summed E-state index contributed by atoms with van der Waals surface area (Å²) in [5.41, 5.74) is 1.59. The lowest BCUT2D eigenvalue weighted by Gasteiger charge is -2.20. The molecule has 0 N–H and O–H groups in total. The molecule has 1 unspecified atom stereocenters. The van der Waals surface area contributed by atoms with E-state index < -0.39 is 0 Å². The highest BCUT2D eigenvalue weighted by Crippen LogP contribution is 2.32. The van der Waals surface area contributed by atoms with Crippen molar-refractivity contribution in [1.29, 1.82) is 0 Å². The minimum absolute atomic E-state index is 0.174. The second-order valence-electron chi connectivity index (χ2n) is 4.38. The summed E-state index contributed by atoms with van der Waals surface area (Å²) in [7, 11) is 5.90. The lowest BCUT2D eigenvalue weighted by atomic mass is 10.2. The van der Waals surface area contributed by atoms with Crippen LogP contribution < -0.4 is 0 Å². The highest BCUT2D eigenvalue weighted by Gasteiger charge is 2.22. The lowest BCUT2D eigenvalue weighted by Crippen LogP contribution is -2.19. The van der Waals surface area contributed by atoms with E-state index >= 15 is 0 Å². The van der Waals surface area contributed by atoms with Crippen LogP contribution in [0.2, 0.25) is 5.02 Å². The predicted molar refractivity (Wildman–Crippen MR) is 71.3 cm³/mol. The Morgan fingerprint density at radius 3 is 2.44 bits per heavy atom. The van der Waals surface area contributed by atoms with E-state index in [0.717, 1.165) is 5.69 Å². The third-order valence-electron chi connectivity index (χ3n) is 2.98. The van der Waals surface area contributed by atoms with E-state index in [0.29, 0.717) is 16.5 Å². The van der Waals surface area contributed by atoms with Gasteiger partial charge in [-0.25, -0.2) is 9.97 Å². The van der Waals surface area contributed by atoms with Gasteiger partial charge in [0, 0.05) is 25.5 Å². The molecule has 0 fully saturated rings. The fourth-order valence-corrected chi connectivity index (χ4v) is 2.18. The summed E-state index contributed by atoms with van der Waals surface area (Å²) in [4.78, 5) is 10.4. The maximum absolute atomic E-state index is 6.41. The van der Waals surface area contributed by atoms with Gasteiger partial charge in [0.1, 0.15) is 5.69 Å². The molecule has 18 heavy (non-hydrogen) atoms. The number of hydrogen-bond acceptors (Lipinski definition) is 4. The molecule has 0 radical (unpaired) electrons. The van der Waals surface area contributed by atoms with E-state index in [2.05, 4.69) is 26.9 Å². The van der Waals surface area contributed by atoms with Crippen molar-refractivity contribution in [3.05, 3.63) is 29.2 Å². The molecule has 1 atom stereocenters. The van der Waals surface area contributed by atoms with Crippen LogP contribution in [0.1, 0.15) is 18.7 Å². The highest BCUT2D eigenvalue weighted by molar-refractivity contribution is 6.33. The maximum Gasteiger partial charge on any atom is 0.181 e. The molecule has 5 nitrogen and oxygen atoms in total. The van der Waals surface area contributed by atoms with Gasteiger partial charge in [0.2, 0.25) is 0 Å². The zero-order valence-corrected chi connectivity index (χ0v) is 11.7. The molecule has 0 saturated carbocycles. The Morgan fingerprint density at radius 2 is 1.89 bits per heavy atom. The minimum Gasteiger partial charge on any atom is -0.301 e. The van der Waals surface area contributed by atoms with E-state index in [4.69, 9.17) is 11.6 Å². The van der Waals surface area contributed by atoms with Crippen LogP contribution in [-0.4, -0.2) is 38.7 Å². The quantitative estimate of drug-likeness (QED) is 0.853. The SMILES string of the molecule is CC(c1c(Cl)c(-c2ncccn2)nn1C)N(C)C. The summed E-state index contributed by atoms with van der Waals surface area (Å²) in [6.07, 6.45) is 3.37. The number of aryl methyl sites for hydroxylation is 1. The molecule has 0 aromatic carbocycles. The largest absolute Gasteiger partial charge is 0.301 e. The number of hydrogen-bond donors (Lipinski definition) is 0. The van der Waals surface area contributed by atoms with Crippen molar-refractivity contribution in [3.63, 3.8) is 0 Å². The molecule has 2 heterocycles. The van der Waals surface area contributed by atoms with Gasteiger partial charge in [0.15, 0.2) is 5.82 Å². The van der Waals surface area contributed by atoms with Crippen molar-refractivity contribution in [2.75, 3.05) is 14.1 Å². The van der Waals surface area contributed by atoms with Gasteiger partial charge in [-0.1, -0.05) is 11.6 Å². The molecular formula is C12H16ClN5. The second-order valence-corrected chi connectivity index (χ2v) is 4.76. The topological polar surface area (TPSA) is 46.8 Å². The average molecular weight is 266 g/mol. The minimum atomic E-state index is 0.174. The van der Waals surface area contributed by atoms with Gasteiger partial charge in [0.25, 0.3) is 0 Å². The predicted octanol–water partition coefficient (Wildman–Crippen LogP) is 2.15. The molecule has 2 aromatic rings. The number of nitrogens with zero attached hydrogens (tertiary/aromatic N) is 5. The molecule has 6 heteroatoms. The highest BCUT2D eigenvalue weighted by atomic mass is 35.5. The van der Waals surface area contributed by atoms with E-state index in [1.807, 2.05) is 21.1 Å². The number of halogens is 1. The first-order valence-corrected chi connectivity index (χ1v) is 6.06. The van der Waals surface area contributed by atoms with Crippen LogP contribution in [0.3, 0.4) is 0 Å². The Bertz CT molecular complexity index is 535. The smallest absolute Gasteiger partial charge is 0.181 e. The molecule has 0 saturated heterocycles. The first-order chi connectivity index (χ1) is 8.52. The Morgan fingerprint density at radius 1 is 1.28 bits per heavy atom. The van der Waals surface area contributed by atoms with Crippen molar-refractivity contribution >= 4 is 11.6 Å². The van der Waals surface area contributed by atoms with Crippen LogP contribution in [0.15, 0.2) is 18.5 Å². The summed E-state index contributed by atoms with van der Waals surface area (Å²) in [6.45, 7) is 2.08. The van der Waals surface area contributed by atoms with Crippen molar-refractivity contribution < 1.29 is 0 Å². The molecule has 0 aliphatic carbocycles.